The minimum absolute atomic E-state index is 0.00402. The zero-order chi connectivity index (χ0) is 11.7. The first-order valence-electron chi connectivity index (χ1n) is 5.18. The van der Waals surface area contributed by atoms with Crippen molar-refractivity contribution in [3.05, 3.63) is 34.5 Å². The van der Waals surface area contributed by atoms with Gasteiger partial charge < -0.3 is 0 Å². The molecule has 16 heavy (non-hydrogen) atoms. The van der Waals surface area contributed by atoms with Gasteiger partial charge in [0.2, 0.25) is 0 Å². The number of rotatable bonds is 2. The number of nitrogens with one attached hydrogen (secondary N) is 1. The van der Waals surface area contributed by atoms with Crippen molar-refractivity contribution in [1.29, 1.82) is 0 Å². The molecule has 0 unspecified atom stereocenters. The van der Waals surface area contributed by atoms with Gasteiger partial charge in [-0.15, -0.1) is 0 Å². The van der Waals surface area contributed by atoms with Crippen molar-refractivity contribution in [2.45, 2.75) is 26.8 Å². The molecule has 0 aliphatic rings. The minimum atomic E-state index is -0.00402. The van der Waals surface area contributed by atoms with Crippen molar-refractivity contribution in [3.63, 3.8) is 0 Å². The zero-order valence-electron chi connectivity index (χ0n) is 9.56. The molecular weight excluding hydrogens is 204 g/mol. The lowest BCUT2D eigenvalue weighted by molar-refractivity contribution is 0.517. The van der Waals surface area contributed by atoms with E-state index in [1.807, 2.05) is 13.8 Å². The first kappa shape index (κ1) is 10.6. The summed E-state index contributed by atoms with van der Waals surface area (Å²) in [7, 11) is 0. The van der Waals surface area contributed by atoms with E-state index < -0.39 is 0 Å². The Kier molecular flexibility index (Phi) is 2.60. The quantitative estimate of drug-likeness (QED) is 0.831. The maximum atomic E-state index is 11.9. The highest BCUT2D eigenvalue weighted by molar-refractivity contribution is 5.56. The number of hydrogen-bond acceptors (Lipinski definition) is 3. The summed E-state index contributed by atoms with van der Waals surface area (Å²) < 4.78 is 1.60. The molecule has 0 saturated carbocycles. The molecule has 1 N–H and O–H groups in total. The van der Waals surface area contributed by atoms with Crippen molar-refractivity contribution < 1.29 is 0 Å². The molecule has 0 radical (unpaired) electrons. The van der Waals surface area contributed by atoms with Gasteiger partial charge in [0, 0.05) is 24.0 Å². The average Bonchev–Trinajstić information content (AvgIpc) is 2.58. The number of hydrogen-bond donors (Lipinski definition) is 1. The second-order valence-corrected chi connectivity index (χ2v) is 3.97. The Balaban J connectivity index is 2.60. The molecule has 0 amide bonds. The van der Waals surface area contributed by atoms with Gasteiger partial charge in [-0.2, -0.15) is 0 Å². The summed E-state index contributed by atoms with van der Waals surface area (Å²) >= 11 is 0. The summed E-state index contributed by atoms with van der Waals surface area (Å²) in [5.41, 5.74) is 2.10. The molecule has 2 rings (SSSR count). The zero-order valence-corrected chi connectivity index (χ0v) is 9.56. The monoisotopic (exact) mass is 218 g/mol. The third kappa shape index (κ3) is 1.64. The van der Waals surface area contributed by atoms with Gasteiger partial charge in [-0.05, 0) is 20.8 Å². The first-order valence-corrected chi connectivity index (χ1v) is 5.18. The summed E-state index contributed by atoms with van der Waals surface area (Å²) in [5, 5.41) is 3.07. The number of aromatic amines is 1. The highest BCUT2D eigenvalue weighted by Gasteiger charge is 2.14. The van der Waals surface area contributed by atoms with E-state index in [1.165, 1.54) is 0 Å². The van der Waals surface area contributed by atoms with Gasteiger partial charge in [-0.25, -0.2) is 4.68 Å². The SMILES string of the molecule is Cc1c(-c2cnccn2)[nH]n(C(C)C)c1=O. The van der Waals surface area contributed by atoms with Gasteiger partial charge in [0.05, 0.1) is 11.9 Å². The van der Waals surface area contributed by atoms with E-state index >= 15 is 0 Å². The van der Waals surface area contributed by atoms with Crippen LogP contribution in [0.2, 0.25) is 0 Å². The van der Waals surface area contributed by atoms with Gasteiger partial charge in [0.25, 0.3) is 5.56 Å². The Labute approximate surface area is 93.2 Å². The third-order valence-corrected chi connectivity index (χ3v) is 2.48. The van der Waals surface area contributed by atoms with Gasteiger partial charge in [0.1, 0.15) is 5.69 Å². The first-order chi connectivity index (χ1) is 7.61. The highest BCUT2D eigenvalue weighted by atomic mass is 16.1. The standard InChI is InChI=1S/C11H14N4O/c1-7(2)15-11(16)8(3)10(14-15)9-6-12-4-5-13-9/h4-7,14H,1-3H3. The topological polar surface area (TPSA) is 63.6 Å². The van der Waals surface area contributed by atoms with Crippen LogP contribution in [0, 0.1) is 6.92 Å². The fourth-order valence-corrected chi connectivity index (χ4v) is 1.58. The molecule has 5 nitrogen and oxygen atoms in total. The van der Waals surface area contributed by atoms with Gasteiger partial charge >= 0.3 is 0 Å². The van der Waals surface area contributed by atoms with Crippen LogP contribution in [-0.2, 0) is 0 Å². The van der Waals surface area contributed by atoms with E-state index in [0.29, 0.717) is 11.3 Å². The lowest BCUT2D eigenvalue weighted by atomic mass is 10.2. The predicted molar refractivity (Wildman–Crippen MR) is 61.2 cm³/mol. The van der Waals surface area contributed by atoms with E-state index in [4.69, 9.17) is 0 Å². The Morgan fingerprint density at radius 1 is 1.38 bits per heavy atom. The van der Waals surface area contributed by atoms with Crippen LogP contribution in [-0.4, -0.2) is 19.7 Å². The van der Waals surface area contributed by atoms with Crippen LogP contribution in [0.5, 0.6) is 0 Å². The lowest BCUT2D eigenvalue weighted by Gasteiger charge is -2.04. The summed E-state index contributed by atoms with van der Waals surface area (Å²) in [6, 6.07) is 0.108. The molecule has 2 heterocycles. The van der Waals surface area contributed by atoms with Crippen molar-refractivity contribution in [1.82, 2.24) is 19.7 Å². The molecule has 2 aromatic rings. The lowest BCUT2D eigenvalue weighted by Crippen LogP contribution is -2.19. The summed E-state index contributed by atoms with van der Waals surface area (Å²) in [6.45, 7) is 5.71. The van der Waals surface area contributed by atoms with Crippen LogP contribution in [0.3, 0.4) is 0 Å². The van der Waals surface area contributed by atoms with Crippen molar-refractivity contribution in [3.8, 4) is 11.4 Å². The molecule has 0 bridgehead atoms. The molecule has 0 aromatic carbocycles. The summed E-state index contributed by atoms with van der Waals surface area (Å²) in [4.78, 5) is 20.1. The van der Waals surface area contributed by atoms with E-state index in [0.717, 1.165) is 5.69 Å². The van der Waals surface area contributed by atoms with Crippen LogP contribution >= 0.6 is 0 Å². The molecule has 5 heteroatoms. The molecule has 0 aliphatic heterocycles. The average molecular weight is 218 g/mol. The molecule has 0 fully saturated rings. The largest absolute Gasteiger partial charge is 0.293 e. The molecule has 0 aliphatic carbocycles. The van der Waals surface area contributed by atoms with Crippen LogP contribution < -0.4 is 5.56 Å². The second-order valence-electron chi connectivity index (χ2n) is 3.97. The van der Waals surface area contributed by atoms with E-state index in [-0.39, 0.29) is 11.6 Å². The fraction of sp³-hybridized carbons (Fsp3) is 0.364. The highest BCUT2D eigenvalue weighted by Crippen LogP contribution is 2.16. The Bertz CT molecular complexity index is 539. The van der Waals surface area contributed by atoms with Crippen molar-refractivity contribution >= 4 is 0 Å². The number of H-pyrrole nitrogens is 1. The predicted octanol–water partition coefficient (Wildman–Crippen LogP) is 1.52. The molecule has 84 valence electrons. The Morgan fingerprint density at radius 3 is 2.62 bits per heavy atom. The van der Waals surface area contributed by atoms with Crippen LogP contribution in [0.25, 0.3) is 11.4 Å². The molecule has 0 spiro atoms. The van der Waals surface area contributed by atoms with Crippen LogP contribution in [0.4, 0.5) is 0 Å². The van der Waals surface area contributed by atoms with Crippen molar-refractivity contribution in [2.75, 3.05) is 0 Å². The van der Waals surface area contributed by atoms with E-state index in [9.17, 15) is 4.79 Å². The fourth-order valence-electron chi connectivity index (χ4n) is 1.58. The number of nitrogens with zero attached hydrogens (tertiary/aromatic N) is 3. The van der Waals surface area contributed by atoms with Crippen molar-refractivity contribution in [2.24, 2.45) is 0 Å². The molecule has 0 atom stereocenters. The maximum absolute atomic E-state index is 11.9. The van der Waals surface area contributed by atoms with Gasteiger partial charge in [-0.3, -0.25) is 19.9 Å². The van der Waals surface area contributed by atoms with E-state index in [2.05, 4.69) is 15.1 Å². The Hall–Kier alpha value is -1.91. The number of aromatic nitrogens is 4. The normalized spacial score (nSPS) is 11.0. The van der Waals surface area contributed by atoms with Gasteiger partial charge in [0.15, 0.2) is 0 Å². The molecular formula is C11H14N4O. The molecule has 0 saturated heterocycles. The summed E-state index contributed by atoms with van der Waals surface area (Å²) in [5.74, 6) is 0. The van der Waals surface area contributed by atoms with Crippen LogP contribution in [0.1, 0.15) is 25.5 Å². The maximum Gasteiger partial charge on any atom is 0.270 e. The minimum Gasteiger partial charge on any atom is -0.293 e. The summed E-state index contributed by atoms with van der Waals surface area (Å²) in [6.07, 6.45) is 4.86. The van der Waals surface area contributed by atoms with Gasteiger partial charge in [-0.1, -0.05) is 0 Å². The van der Waals surface area contributed by atoms with Crippen LogP contribution in [0.15, 0.2) is 23.4 Å². The third-order valence-electron chi connectivity index (χ3n) is 2.48. The molecule has 2 aromatic heterocycles. The Morgan fingerprint density at radius 2 is 2.12 bits per heavy atom. The second kappa shape index (κ2) is 3.92. The van der Waals surface area contributed by atoms with E-state index in [1.54, 1.807) is 30.2 Å². The smallest absolute Gasteiger partial charge is 0.270 e.